The average Bonchev–Trinajstić information content (AvgIpc) is 2.37. The lowest BCUT2D eigenvalue weighted by molar-refractivity contribution is 0.420. The van der Waals surface area contributed by atoms with Gasteiger partial charge >= 0.3 is 0 Å². The Morgan fingerprint density at radius 1 is 1.29 bits per heavy atom. The topological polar surface area (TPSA) is 59.6 Å². The summed E-state index contributed by atoms with van der Waals surface area (Å²) in [6, 6.07) is 11.9. The van der Waals surface area contributed by atoms with Crippen molar-refractivity contribution in [3.8, 4) is 5.75 Å². The van der Waals surface area contributed by atoms with Gasteiger partial charge in [-0.25, -0.2) is 0 Å². The first-order chi connectivity index (χ1) is 8.24. The van der Waals surface area contributed by atoms with E-state index in [-0.39, 0.29) is 0 Å². The van der Waals surface area contributed by atoms with Crippen LogP contribution in [-0.2, 0) is 0 Å². The van der Waals surface area contributed by atoms with Gasteiger partial charge in [-0.05, 0) is 11.5 Å². The minimum absolute atomic E-state index is 0.377. The van der Waals surface area contributed by atoms with E-state index in [2.05, 4.69) is 10.3 Å². The Kier molecular flexibility index (Phi) is 3.14. The highest BCUT2D eigenvalue weighted by Crippen LogP contribution is 2.29. The second-order valence-electron chi connectivity index (χ2n) is 3.63. The van der Waals surface area contributed by atoms with Crippen LogP contribution in [0.4, 0.5) is 5.69 Å². The maximum Gasteiger partial charge on any atom is 0.192 e. The smallest absolute Gasteiger partial charge is 0.192 e. The molecule has 0 saturated carbocycles. The number of nitrogens with zero attached hydrogens (tertiary/aromatic N) is 1. The fourth-order valence-electron chi connectivity index (χ4n) is 1.72. The van der Waals surface area contributed by atoms with Crippen molar-refractivity contribution in [1.82, 2.24) is 0 Å². The number of anilines is 1. The van der Waals surface area contributed by atoms with Gasteiger partial charge in [0.1, 0.15) is 5.75 Å². The summed E-state index contributed by atoms with van der Waals surface area (Å²) < 4.78 is 5.36. The number of fused-ring (bicyclic) bond motifs is 1. The fourth-order valence-corrected chi connectivity index (χ4v) is 1.72. The first-order valence-electron chi connectivity index (χ1n) is 5.30. The maximum atomic E-state index is 5.64. The van der Waals surface area contributed by atoms with Crippen LogP contribution >= 0.6 is 0 Å². The minimum atomic E-state index is 0.377. The highest BCUT2D eigenvalue weighted by atomic mass is 16.5. The quantitative estimate of drug-likeness (QED) is 0.613. The number of nitrogens with one attached hydrogen (secondary N) is 1. The van der Waals surface area contributed by atoms with Gasteiger partial charge in [0.15, 0.2) is 5.96 Å². The number of ether oxygens (including phenoxy) is 1. The molecular weight excluding hydrogens is 214 g/mol. The zero-order valence-electron chi connectivity index (χ0n) is 9.90. The molecule has 0 atom stereocenters. The SMILES string of the molecule is CN=C(N)Nc1cc(OC)c2ccccc2c1. The van der Waals surface area contributed by atoms with E-state index in [0.29, 0.717) is 5.96 Å². The molecule has 4 heteroatoms. The predicted octanol–water partition coefficient (Wildman–Crippen LogP) is 2.20. The van der Waals surface area contributed by atoms with Crippen molar-refractivity contribution in [3.05, 3.63) is 36.4 Å². The molecule has 0 aromatic heterocycles. The number of hydrogen-bond acceptors (Lipinski definition) is 2. The molecule has 0 spiro atoms. The number of nitrogens with two attached hydrogens (primary N) is 1. The van der Waals surface area contributed by atoms with E-state index in [0.717, 1.165) is 22.2 Å². The van der Waals surface area contributed by atoms with Gasteiger partial charge < -0.3 is 15.8 Å². The largest absolute Gasteiger partial charge is 0.496 e. The van der Waals surface area contributed by atoms with E-state index in [1.54, 1.807) is 14.2 Å². The summed E-state index contributed by atoms with van der Waals surface area (Å²) in [5.74, 6) is 1.19. The summed E-state index contributed by atoms with van der Waals surface area (Å²) >= 11 is 0. The van der Waals surface area contributed by atoms with Gasteiger partial charge in [0.25, 0.3) is 0 Å². The van der Waals surface area contributed by atoms with Crippen molar-refractivity contribution in [3.63, 3.8) is 0 Å². The van der Waals surface area contributed by atoms with Crippen LogP contribution in [0, 0.1) is 0 Å². The number of aliphatic imine (C=N–C) groups is 1. The van der Waals surface area contributed by atoms with Crippen LogP contribution in [0.1, 0.15) is 0 Å². The van der Waals surface area contributed by atoms with E-state index in [9.17, 15) is 0 Å². The van der Waals surface area contributed by atoms with Crippen LogP contribution in [0.2, 0.25) is 0 Å². The summed E-state index contributed by atoms with van der Waals surface area (Å²) in [7, 11) is 3.30. The lowest BCUT2D eigenvalue weighted by Gasteiger charge is -2.10. The third-order valence-corrected chi connectivity index (χ3v) is 2.56. The molecule has 0 bridgehead atoms. The first-order valence-corrected chi connectivity index (χ1v) is 5.30. The molecule has 0 aliphatic carbocycles. The molecule has 0 fully saturated rings. The van der Waals surface area contributed by atoms with Gasteiger partial charge in [0, 0.05) is 24.2 Å². The fraction of sp³-hybridized carbons (Fsp3) is 0.154. The maximum absolute atomic E-state index is 5.64. The van der Waals surface area contributed by atoms with E-state index in [1.165, 1.54) is 0 Å². The Morgan fingerprint density at radius 2 is 2.06 bits per heavy atom. The molecule has 17 heavy (non-hydrogen) atoms. The average molecular weight is 229 g/mol. The van der Waals surface area contributed by atoms with Crippen molar-refractivity contribution in [2.24, 2.45) is 10.7 Å². The molecule has 0 unspecified atom stereocenters. The molecule has 2 aromatic carbocycles. The van der Waals surface area contributed by atoms with Gasteiger partial charge in [0.2, 0.25) is 0 Å². The Balaban J connectivity index is 2.52. The Morgan fingerprint density at radius 3 is 2.76 bits per heavy atom. The number of methoxy groups -OCH3 is 1. The molecule has 2 aromatic rings. The zero-order valence-corrected chi connectivity index (χ0v) is 9.90. The third-order valence-electron chi connectivity index (χ3n) is 2.56. The highest BCUT2D eigenvalue weighted by Gasteiger charge is 2.04. The highest BCUT2D eigenvalue weighted by molar-refractivity contribution is 5.97. The normalized spacial score (nSPS) is 11.5. The van der Waals surface area contributed by atoms with Gasteiger partial charge in [-0.1, -0.05) is 24.3 Å². The van der Waals surface area contributed by atoms with Crippen LogP contribution in [0.25, 0.3) is 10.8 Å². The van der Waals surface area contributed by atoms with E-state index in [1.807, 2.05) is 36.4 Å². The zero-order chi connectivity index (χ0) is 12.3. The lowest BCUT2D eigenvalue weighted by atomic mass is 10.1. The van der Waals surface area contributed by atoms with Crippen LogP contribution in [-0.4, -0.2) is 20.1 Å². The predicted molar refractivity (Wildman–Crippen MR) is 71.7 cm³/mol. The molecule has 0 aliphatic rings. The molecule has 0 saturated heterocycles. The van der Waals surface area contributed by atoms with Crippen molar-refractivity contribution in [2.45, 2.75) is 0 Å². The van der Waals surface area contributed by atoms with Crippen molar-refractivity contribution < 1.29 is 4.74 Å². The standard InChI is InChI=1S/C13H15N3O/c1-15-13(14)16-10-7-9-5-3-4-6-11(9)12(8-10)17-2/h3-8H,1-2H3,(H3,14,15,16). The van der Waals surface area contributed by atoms with Gasteiger partial charge in [-0.2, -0.15) is 0 Å². The van der Waals surface area contributed by atoms with Gasteiger partial charge in [-0.15, -0.1) is 0 Å². The molecule has 0 aliphatic heterocycles. The van der Waals surface area contributed by atoms with Gasteiger partial charge in [-0.3, -0.25) is 4.99 Å². The van der Waals surface area contributed by atoms with E-state index < -0.39 is 0 Å². The van der Waals surface area contributed by atoms with Crippen molar-refractivity contribution >= 4 is 22.4 Å². The molecule has 0 amide bonds. The molecule has 88 valence electrons. The third kappa shape index (κ3) is 2.30. The summed E-state index contributed by atoms with van der Waals surface area (Å²) in [5.41, 5.74) is 6.50. The lowest BCUT2D eigenvalue weighted by Crippen LogP contribution is -2.21. The van der Waals surface area contributed by atoms with Crippen molar-refractivity contribution in [2.75, 3.05) is 19.5 Å². The second kappa shape index (κ2) is 4.74. The van der Waals surface area contributed by atoms with E-state index in [4.69, 9.17) is 10.5 Å². The Labute approximate surface area is 100 Å². The summed E-state index contributed by atoms with van der Waals surface area (Å²) in [4.78, 5) is 3.86. The van der Waals surface area contributed by atoms with E-state index >= 15 is 0 Å². The van der Waals surface area contributed by atoms with Crippen molar-refractivity contribution in [1.29, 1.82) is 0 Å². The second-order valence-corrected chi connectivity index (χ2v) is 3.63. The first kappa shape index (κ1) is 11.3. The molecule has 3 N–H and O–H groups in total. The molecule has 0 radical (unpaired) electrons. The molecular formula is C13H15N3O. The van der Waals surface area contributed by atoms with Crippen LogP contribution < -0.4 is 15.8 Å². The van der Waals surface area contributed by atoms with Crippen LogP contribution in [0.5, 0.6) is 5.75 Å². The summed E-state index contributed by atoms with van der Waals surface area (Å²) in [6.07, 6.45) is 0. The number of rotatable bonds is 2. The summed E-state index contributed by atoms with van der Waals surface area (Å²) in [6.45, 7) is 0. The summed E-state index contributed by atoms with van der Waals surface area (Å²) in [5, 5.41) is 5.18. The number of guanidine groups is 1. The van der Waals surface area contributed by atoms with Crippen LogP contribution in [0.3, 0.4) is 0 Å². The number of benzene rings is 2. The molecule has 2 rings (SSSR count). The Bertz CT molecular complexity index is 564. The van der Waals surface area contributed by atoms with Crippen LogP contribution in [0.15, 0.2) is 41.4 Å². The molecule has 0 heterocycles. The molecule has 4 nitrogen and oxygen atoms in total. The Hall–Kier alpha value is -2.23. The number of hydrogen-bond donors (Lipinski definition) is 2. The van der Waals surface area contributed by atoms with Gasteiger partial charge in [0.05, 0.1) is 7.11 Å². The monoisotopic (exact) mass is 229 g/mol. The minimum Gasteiger partial charge on any atom is -0.496 e.